The van der Waals surface area contributed by atoms with E-state index in [9.17, 15) is 9.59 Å². The van der Waals surface area contributed by atoms with Crippen LogP contribution in [0.5, 0.6) is 0 Å². The van der Waals surface area contributed by atoms with Gasteiger partial charge in [-0.15, -0.1) is 22.7 Å². The van der Waals surface area contributed by atoms with Gasteiger partial charge in [0.05, 0.1) is 11.4 Å². The van der Waals surface area contributed by atoms with Crippen molar-refractivity contribution < 1.29 is 14.3 Å². The number of carbonyl (C=O) groups excluding carboxylic acids is 2. The summed E-state index contributed by atoms with van der Waals surface area (Å²) in [5.74, 6) is -0.690. The molecule has 0 radical (unpaired) electrons. The molecule has 2 aromatic rings. The molecule has 7 nitrogen and oxygen atoms in total. The van der Waals surface area contributed by atoms with Crippen LogP contribution in [0.25, 0.3) is 0 Å². The summed E-state index contributed by atoms with van der Waals surface area (Å²) in [5.41, 5.74) is 1.68. The molecular weight excluding hydrogens is 312 g/mol. The highest BCUT2D eigenvalue weighted by Gasteiger charge is 2.09. The molecule has 0 bridgehead atoms. The van der Waals surface area contributed by atoms with Crippen molar-refractivity contribution in [3.05, 3.63) is 22.1 Å². The van der Waals surface area contributed by atoms with E-state index in [0.717, 1.165) is 11.4 Å². The predicted octanol–water partition coefficient (Wildman–Crippen LogP) is 1.81. The van der Waals surface area contributed by atoms with Gasteiger partial charge in [0.1, 0.15) is 13.2 Å². The van der Waals surface area contributed by atoms with Gasteiger partial charge in [-0.1, -0.05) is 0 Å². The lowest BCUT2D eigenvalue weighted by molar-refractivity contribution is -0.125. The van der Waals surface area contributed by atoms with Gasteiger partial charge in [0, 0.05) is 10.8 Å². The first-order chi connectivity index (χ1) is 10.0. The second kappa shape index (κ2) is 7.25. The summed E-state index contributed by atoms with van der Waals surface area (Å²) in [6, 6.07) is 0. The van der Waals surface area contributed by atoms with Crippen LogP contribution in [0, 0.1) is 13.8 Å². The monoisotopic (exact) mass is 326 g/mol. The maximum absolute atomic E-state index is 11.6. The number of thiazole rings is 2. The maximum atomic E-state index is 11.6. The fraction of sp³-hybridized carbons (Fsp3) is 0.333. The predicted molar refractivity (Wildman–Crippen MR) is 81.8 cm³/mol. The van der Waals surface area contributed by atoms with E-state index in [0.29, 0.717) is 10.3 Å². The van der Waals surface area contributed by atoms with E-state index in [4.69, 9.17) is 4.74 Å². The van der Waals surface area contributed by atoms with E-state index in [1.54, 1.807) is 0 Å². The minimum atomic E-state index is -0.345. The van der Waals surface area contributed by atoms with E-state index in [-0.39, 0.29) is 25.0 Å². The van der Waals surface area contributed by atoms with Crippen molar-refractivity contribution in [2.75, 3.05) is 23.8 Å². The second-order valence-electron chi connectivity index (χ2n) is 4.18. The maximum Gasteiger partial charge on any atom is 0.252 e. The number of nitrogens with one attached hydrogen (secondary N) is 2. The molecule has 2 aromatic heterocycles. The van der Waals surface area contributed by atoms with E-state index < -0.39 is 0 Å². The molecule has 0 saturated carbocycles. The molecule has 2 N–H and O–H groups in total. The smallest absolute Gasteiger partial charge is 0.252 e. The quantitative estimate of drug-likeness (QED) is 0.844. The molecular formula is C12H14N4O3S2. The summed E-state index contributed by atoms with van der Waals surface area (Å²) >= 11 is 2.67. The van der Waals surface area contributed by atoms with Crippen LogP contribution in [-0.2, 0) is 14.3 Å². The zero-order chi connectivity index (χ0) is 15.2. The SMILES string of the molecule is Cc1csc(NC(=O)COCC(=O)Nc2nc(C)cs2)n1. The molecule has 0 saturated heterocycles. The Kier molecular flexibility index (Phi) is 5.37. The van der Waals surface area contributed by atoms with Crippen LogP contribution < -0.4 is 10.6 Å². The van der Waals surface area contributed by atoms with Gasteiger partial charge >= 0.3 is 0 Å². The Balaban J connectivity index is 1.66. The third kappa shape index (κ3) is 5.21. The second-order valence-corrected chi connectivity index (χ2v) is 5.89. The molecule has 0 unspecified atom stereocenters. The van der Waals surface area contributed by atoms with Crippen molar-refractivity contribution in [1.82, 2.24) is 9.97 Å². The van der Waals surface area contributed by atoms with Crippen LogP contribution >= 0.6 is 22.7 Å². The fourth-order valence-electron chi connectivity index (χ4n) is 1.37. The lowest BCUT2D eigenvalue weighted by Crippen LogP contribution is -2.23. The average Bonchev–Trinajstić information content (AvgIpc) is 2.98. The van der Waals surface area contributed by atoms with Crippen molar-refractivity contribution in [3.8, 4) is 0 Å². The van der Waals surface area contributed by atoms with Gasteiger partial charge in [0.15, 0.2) is 10.3 Å². The lowest BCUT2D eigenvalue weighted by Gasteiger charge is -2.04. The summed E-state index contributed by atoms with van der Waals surface area (Å²) in [7, 11) is 0. The number of aryl methyl sites for hydroxylation is 2. The number of rotatable bonds is 6. The number of nitrogens with zero attached hydrogens (tertiary/aromatic N) is 2. The van der Waals surface area contributed by atoms with Gasteiger partial charge in [-0.2, -0.15) is 0 Å². The zero-order valence-corrected chi connectivity index (χ0v) is 13.1. The molecule has 21 heavy (non-hydrogen) atoms. The van der Waals surface area contributed by atoms with Gasteiger partial charge in [0.25, 0.3) is 11.8 Å². The average molecular weight is 326 g/mol. The van der Waals surface area contributed by atoms with Crippen LogP contribution in [0.3, 0.4) is 0 Å². The van der Waals surface area contributed by atoms with E-state index in [2.05, 4.69) is 20.6 Å². The third-order valence-corrected chi connectivity index (χ3v) is 3.95. The first-order valence-corrected chi connectivity index (χ1v) is 7.80. The minimum absolute atomic E-state index is 0.205. The molecule has 2 amide bonds. The van der Waals surface area contributed by atoms with Gasteiger partial charge in [-0.3, -0.25) is 20.2 Å². The minimum Gasteiger partial charge on any atom is -0.362 e. The molecule has 0 fully saturated rings. The van der Waals surface area contributed by atoms with Crippen LogP contribution in [0.2, 0.25) is 0 Å². The highest BCUT2D eigenvalue weighted by Crippen LogP contribution is 2.14. The molecule has 0 aliphatic heterocycles. The molecule has 112 valence electrons. The summed E-state index contributed by atoms with van der Waals surface area (Å²) in [6.45, 7) is 3.27. The van der Waals surface area contributed by atoms with Crippen LogP contribution in [0.1, 0.15) is 11.4 Å². The van der Waals surface area contributed by atoms with Crippen LogP contribution in [0.15, 0.2) is 10.8 Å². The Labute approximate surface area is 129 Å². The summed E-state index contributed by atoms with van der Waals surface area (Å²) in [6.07, 6.45) is 0. The zero-order valence-electron chi connectivity index (χ0n) is 11.5. The standard InChI is InChI=1S/C12H14N4O3S2/c1-7-5-20-11(13-7)15-9(17)3-19-4-10(18)16-12-14-8(2)6-21-12/h5-6H,3-4H2,1-2H3,(H,13,15,17)(H,14,16,18). The molecule has 0 atom stereocenters. The number of carbonyl (C=O) groups is 2. The van der Waals surface area contributed by atoms with Crippen LogP contribution in [-0.4, -0.2) is 35.0 Å². The molecule has 0 aromatic carbocycles. The number of hydrogen-bond acceptors (Lipinski definition) is 7. The summed E-state index contributed by atoms with van der Waals surface area (Å²) < 4.78 is 5.04. The molecule has 9 heteroatoms. The van der Waals surface area contributed by atoms with Gasteiger partial charge in [-0.25, -0.2) is 9.97 Å². The van der Waals surface area contributed by atoms with E-state index in [1.807, 2.05) is 24.6 Å². The van der Waals surface area contributed by atoms with Gasteiger partial charge < -0.3 is 4.74 Å². The van der Waals surface area contributed by atoms with Crippen LogP contribution in [0.4, 0.5) is 10.3 Å². The normalized spacial score (nSPS) is 10.4. The Morgan fingerprint density at radius 3 is 1.76 bits per heavy atom. The van der Waals surface area contributed by atoms with E-state index >= 15 is 0 Å². The highest BCUT2D eigenvalue weighted by molar-refractivity contribution is 7.14. The van der Waals surface area contributed by atoms with Crippen molar-refractivity contribution in [2.45, 2.75) is 13.8 Å². The first kappa shape index (κ1) is 15.5. The Morgan fingerprint density at radius 2 is 1.43 bits per heavy atom. The number of aromatic nitrogens is 2. The van der Waals surface area contributed by atoms with E-state index in [1.165, 1.54) is 22.7 Å². The first-order valence-electron chi connectivity index (χ1n) is 6.04. The van der Waals surface area contributed by atoms with Gasteiger partial charge in [-0.05, 0) is 13.8 Å². The van der Waals surface area contributed by atoms with Crippen molar-refractivity contribution in [3.63, 3.8) is 0 Å². The number of ether oxygens (including phenoxy) is 1. The Hall–Kier alpha value is -1.84. The topological polar surface area (TPSA) is 93.2 Å². The molecule has 2 rings (SSSR count). The highest BCUT2D eigenvalue weighted by atomic mass is 32.1. The summed E-state index contributed by atoms with van der Waals surface area (Å²) in [4.78, 5) is 31.3. The van der Waals surface area contributed by atoms with Gasteiger partial charge in [0.2, 0.25) is 0 Å². The van der Waals surface area contributed by atoms with Crippen molar-refractivity contribution in [2.24, 2.45) is 0 Å². The molecule has 0 aliphatic rings. The number of amides is 2. The number of hydrogen-bond donors (Lipinski definition) is 2. The molecule has 2 heterocycles. The van der Waals surface area contributed by atoms with Crippen molar-refractivity contribution in [1.29, 1.82) is 0 Å². The molecule has 0 aliphatic carbocycles. The third-order valence-electron chi connectivity index (χ3n) is 2.20. The fourth-order valence-corrected chi connectivity index (χ4v) is 2.78. The van der Waals surface area contributed by atoms with Crippen molar-refractivity contribution >= 4 is 44.8 Å². The largest absolute Gasteiger partial charge is 0.362 e. The number of anilines is 2. The molecule has 0 spiro atoms. The summed E-state index contributed by atoms with van der Waals surface area (Å²) in [5, 5.41) is 9.88. The lowest BCUT2D eigenvalue weighted by atomic mass is 10.6. The Morgan fingerprint density at radius 1 is 1.00 bits per heavy atom. The Bertz CT molecular complexity index is 584.